The Balaban J connectivity index is 2.68. The van der Waals surface area contributed by atoms with Crippen LogP contribution in [0.2, 0.25) is 0 Å². The molecule has 0 aromatic heterocycles. The molecule has 0 unspecified atom stereocenters. The normalized spacial score (nSPS) is 11.4. The van der Waals surface area contributed by atoms with Crippen LogP contribution in [0.3, 0.4) is 0 Å². The van der Waals surface area contributed by atoms with Crippen molar-refractivity contribution in [2.75, 3.05) is 11.9 Å². The molecule has 18 heavy (non-hydrogen) atoms. The second-order valence-corrected chi connectivity index (χ2v) is 5.23. The molecule has 100 valence electrons. The number of hydrogen-bond donors (Lipinski definition) is 2. The Labute approximate surface area is 106 Å². The zero-order valence-corrected chi connectivity index (χ0v) is 11.0. The van der Waals surface area contributed by atoms with Crippen LogP contribution in [0.5, 0.6) is 0 Å². The minimum atomic E-state index is -0.641. The largest absolute Gasteiger partial charge is 0.322 e. The number of anilines is 1. The number of halogens is 2. The van der Waals surface area contributed by atoms with E-state index in [1.165, 1.54) is 6.92 Å². The average Bonchev–Trinajstić information content (AvgIpc) is 2.22. The predicted octanol–water partition coefficient (Wildman–Crippen LogP) is 2.60. The lowest BCUT2D eigenvalue weighted by Crippen LogP contribution is -2.41. The SMILES string of the molecule is Cc1cc(F)c(NC(=O)CNC(C)(C)C)cc1F. The van der Waals surface area contributed by atoms with E-state index in [0.29, 0.717) is 0 Å². The van der Waals surface area contributed by atoms with Crippen LogP contribution in [0.25, 0.3) is 0 Å². The minimum absolute atomic E-state index is 0.0401. The molecule has 0 fully saturated rings. The van der Waals surface area contributed by atoms with Crippen molar-refractivity contribution in [1.82, 2.24) is 5.32 Å². The van der Waals surface area contributed by atoms with E-state index in [2.05, 4.69) is 10.6 Å². The summed E-state index contributed by atoms with van der Waals surface area (Å²) in [6.07, 6.45) is 0. The van der Waals surface area contributed by atoms with Crippen molar-refractivity contribution in [2.24, 2.45) is 0 Å². The molecule has 3 nitrogen and oxygen atoms in total. The van der Waals surface area contributed by atoms with Crippen LogP contribution in [0, 0.1) is 18.6 Å². The van der Waals surface area contributed by atoms with E-state index in [9.17, 15) is 13.6 Å². The van der Waals surface area contributed by atoms with Crippen LogP contribution in [0.15, 0.2) is 12.1 Å². The third-order valence-corrected chi connectivity index (χ3v) is 2.30. The molecule has 1 amide bonds. The molecule has 1 aromatic carbocycles. The summed E-state index contributed by atoms with van der Waals surface area (Å²) in [6, 6.07) is 2.04. The van der Waals surface area contributed by atoms with Crippen LogP contribution < -0.4 is 10.6 Å². The number of benzene rings is 1. The Kier molecular flexibility index (Phi) is 4.40. The van der Waals surface area contributed by atoms with Crippen LogP contribution in [-0.4, -0.2) is 18.0 Å². The van der Waals surface area contributed by atoms with Crippen LogP contribution in [0.4, 0.5) is 14.5 Å². The molecule has 0 spiro atoms. The fourth-order valence-electron chi connectivity index (χ4n) is 1.28. The van der Waals surface area contributed by atoms with Crippen LogP contribution >= 0.6 is 0 Å². The van der Waals surface area contributed by atoms with Gasteiger partial charge in [0.15, 0.2) is 0 Å². The first-order chi connectivity index (χ1) is 8.19. The summed E-state index contributed by atoms with van der Waals surface area (Å²) < 4.78 is 26.7. The second-order valence-electron chi connectivity index (χ2n) is 5.23. The molecule has 0 aliphatic carbocycles. The van der Waals surface area contributed by atoms with Crippen molar-refractivity contribution in [2.45, 2.75) is 33.2 Å². The van der Waals surface area contributed by atoms with E-state index >= 15 is 0 Å². The van der Waals surface area contributed by atoms with E-state index in [1.54, 1.807) is 0 Å². The monoisotopic (exact) mass is 256 g/mol. The van der Waals surface area contributed by atoms with E-state index < -0.39 is 17.5 Å². The van der Waals surface area contributed by atoms with Crippen LogP contribution in [-0.2, 0) is 4.79 Å². The summed E-state index contributed by atoms with van der Waals surface area (Å²) >= 11 is 0. The first kappa shape index (κ1) is 14.6. The highest BCUT2D eigenvalue weighted by Crippen LogP contribution is 2.18. The van der Waals surface area contributed by atoms with E-state index in [1.807, 2.05) is 20.8 Å². The lowest BCUT2D eigenvalue weighted by Gasteiger charge is -2.20. The predicted molar refractivity (Wildman–Crippen MR) is 67.5 cm³/mol. The first-order valence-corrected chi connectivity index (χ1v) is 5.69. The number of hydrogen-bond acceptors (Lipinski definition) is 2. The zero-order chi connectivity index (χ0) is 13.9. The molecule has 1 rings (SSSR count). The highest BCUT2D eigenvalue weighted by Gasteiger charge is 2.13. The van der Waals surface area contributed by atoms with Gasteiger partial charge in [-0.1, -0.05) is 0 Å². The minimum Gasteiger partial charge on any atom is -0.322 e. The van der Waals surface area contributed by atoms with Gasteiger partial charge in [-0.05, 0) is 39.3 Å². The van der Waals surface area contributed by atoms with Gasteiger partial charge in [0.25, 0.3) is 0 Å². The molecule has 0 bridgehead atoms. The summed E-state index contributed by atoms with van der Waals surface area (Å²) in [7, 11) is 0. The van der Waals surface area contributed by atoms with Crippen molar-refractivity contribution >= 4 is 11.6 Å². The van der Waals surface area contributed by atoms with E-state index in [-0.39, 0.29) is 23.3 Å². The molecule has 0 aliphatic heterocycles. The van der Waals surface area contributed by atoms with Gasteiger partial charge in [-0.15, -0.1) is 0 Å². The molecular formula is C13H18F2N2O. The standard InChI is InChI=1S/C13H18F2N2O/c1-8-5-10(15)11(6-9(8)14)17-12(18)7-16-13(2,3)4/h5-6,16H,7H2,1-4H3,(H,17,18). The number of nitrogens with one attached hydrogen (secondary N) is 2. The van der Waals surface area contributed by atoms with Crippen molar-refractivity contribution < 1.29 is 13.6 Å². The van der Waals surface area contributed by atoms with Gasteiger partial charge in [-0.2, -0.15) is 0 Å². The molecule has 0 radical (unpaired) electrons. The van der Waals surface area contributed by atoms with E-state index in [4.69, 9.17) is 0 Å². The van der Waals surface area contributed by atoms with Gasteiger partial charge >= 0.3 is 0 Å². The summed E-state index contributed by atoms with van der Waals surface area (Å²) in [4.78, 5) is 11.5. The highest BCUT2D eigenvalue weighted by atomic mass is 19.1. The quantitative estimate of drug-likeness (QED) is 0.872. The average molecular weight is 256 g/mol. The third kappa shape index (κ3) is 4.41. The maximum absolute atomic E-state index is 13.5. The van der Waals surface area contributed by atoms with Gasteiger partial charge < -0.3 is 10.6 Å². The van der Waals surface area contributed by atoms with Gasteiger partial charge in [-0.3, -0.25) is 4.79 Å². The molecule has 2 N–H and O–H groups in total. The Morgan fingerprint density at radius 1 is 1.22 bits per heavy atom. The summed E-state index contributed by atoms with van der Waals surface area (Å²) in [6.45, 7) is 7.23. The van der Waals surface area contributed by atoms with E-state index in [0.717, 1.165) is 12.1 Å². The molecule has 0 saturated heterocycles. The summed E-state index contributed by atoms with van der Waals surface area (Å²) in [5, 5.41) is 5.29. The van der Waals surface area contributed by atoms with Gasteiger partial charge in [0, 0.05) is 11.6 Å². The maximum atomic E-state index is 13.5. The zero-order valence-electron chi connectivity index (χ0n) is 11.0. The van der Waals surface area contributed by atoms with Crippen molar-refractivity contribution in [3.8, 4) is 0 Å². The third-order valence-electron chi connectivity index (χ3n) is 2.30. The lowest BCUT2D eigenvalue weighted by atomic mass is 10.1. The molecule has 0 saturated carbocycles. The van der Waals surface area contributed by atoms with Crippen molar-refractivity contribution in [3.05, 3.63) is 29.3 Å². The van der Waals surface area contributed by atoms with Gasteiger partial charge in [0.05, 0.1) is 12.2 Å². The fraction of sp³-hybridized carbons (Fsp3) is 0.462. The van der Waals surface area contributed by atoms with Crippen molar-refractivity contribution in [1.29, 1.82) is 0 Å². The van der Waals surface area contributed by atoms with Gasteiger partial charge in [0.1, 0.15) is 11.6 Å². The fourth-order valence-corrected chi connectivity index (χ4v) is 1.28. The Hall–Kier alpha value is -1.49. The molecule has 1 aromatic rings. The van der Waals surface area contributed by atoms with Crippen LogP contribution in [0.1, 0.15) is 26.3 Å². The summed E-state index contributed by atoms with van der Waals surface area (Å²) in [5.74, 6) is -1.60. The first-order valence-electron chi connectivity index (χ1n) is 5.69. The molecule has 5 heteroatoms. The molecule has 0 atom stereocenters. The number of carbonyl (C=O) groups excluding carboxylic acids is 1. The number of amides is 1. The van der Waals surface area contributed by atoms with Crippen molar-refractivity contribution in [3.63, 3.8) is 0 Å². The summed E-state index contributed by atoms with van der Waals surface area (Å²) in [5.41, 5.74) is -0.147. The molecular weight excluding hydrogens is 238 g/mol. The topological polar surface area (TPSA) is 41.1 Å². The smallest absolute Gasteiger partial charge is 0.238 e. The van der Waals surface area contributed by atoms with Gasteiger partial charge in [0.2, 0.25) is 5.91 Å². The highest BCUT2D eigenvalue weighted by molar-refractivity contribution is 5.92. The molecule has 0 heterocycles. The Bertz CT molecular complexity index is 453. The number of aryl methyl sites for hydroxylation is 1. The second kappa shape index (κ2) is 5.44. The Morgan fingerprint density at radius 3 is 2.39 bits per heavy atom. The maximum Gasteiger partial charge on any atom is 0.238 e. The number of carbonyl (C=O) groups is 1. The lowest BCUT2D eigenvalue weighted by molar-refractivity contribution is -0.115. The number of rotatable bonds is 3. The Morgan fingerprint density at radius 2 is 1.83 bits per heavy atom. The van der Waals surface area contributed by atoms with Gasteiger partial charge in [-0.25, -0.2) is 8.78 Å². The molecule has 0 aliphatic rings.